The van der Waals surface area contributed by atoms with Crippen LogP contribution in [0.2, 0.25) is 0 Å². The summed E-state index contributed by atoms with van der Waals surface area (Å²) in [5.74, 6) is 2.19. The third kappa shape index (κ3) is 3.51. The van der Waals surface area contributed by atoms with Crippen LogP contribution in [0, 0.1) is 23.0 Å². The molecule has 26 heavy (non-hydrogen) atoms. The second kappa shape index (κ2) is 6.96. The topological polar surface area (TPSA) is 73.6 Å². The highest BCUT2D eigenvalue weighted by atomic mass is 16.6. The average molecular weight is 354 g/mol. The van der Waals surface area contributed by atoms with Gasteiger partial charge in [-0.15, -0.1) is 0 Å². The lowest BCUT2D eigenvalue weighted by molar-refractivity contribution is -0.385. The van der Waals surface area contributed by atoms with Crippen molar-refractivity contribution in [3.05, 3.63) is 63.2 Å². The molecule has 0 saturated heterocycles. The molecule has 1 heterocycles. The normalized spacial score (nSPS) is 17.0. The highest BCUT2D eigenvalue weighted by molar-refractivity contribution is 5.45. The molecule has 1 aliphatic carbocycles. The van der Waals surface area contributed by atoms with Crippen molar-refractivity contribution in [2.45, 2.75) is 32.4 Å². The summed E-state index contributed by atoms with van der Waals surface area (Å²) in [6.07, 6.45) is 2.39. The summed E-state index contributed by atoms with van der Waals surface area (Å²) in [6.45, 7) is 3.52. The van der Waals surface area contributed by atoms with Crippen LogP contribution in [-0.4, -0.2) is 18.1 Å². The molecule has 0 bridgehead atoms. The van der Waals surface area contributed by atoms with E-state index in [1.807, 2.05) is 18.2 Å². The number of nitro benzene ring substituents is 1. The molecule has 1 N–H and O–H groups in total. The number of hydrogen-bond donors (Lipinski definition) is 1. The summed E-state index contributed by atoms with van der Waals surface area (Å²) in [5, 5.41) is 14.7. The van der Waals surface area contributed by atoms with Gasteiger partial charge < -0.3 is 14.8 Å². The van der Waals surface area contributed by atoms with Crippen molar-refractivity contribution in [1.82, 2.24) is 5.32 Å². The van der Waals surface area contributed by atoms with Gasteiger partial charge in [-0.3, -0.25) is 10.1 Å². The SMILES string of the molecule is Cc1ccc(CNC(c2ccc3c(c2)OCCO3)C2CC2)cc1[N+](=O)[O-]. The molecule has 6 heteroatoms. The molecule has 0 radical (unpaired) electrons. The number of aryl methyl sites for hydroxylation is 1. The minimum Gasteiger partial charge on any atom is -0.486 e. The fraction of sp³-hybridized carbons (Fsp3) is 0.400. The molecule has 2 aromatic carbocycles. The second-order valence-corrected chi connectivity index (χ2v) is 6.98. The molecule has 1 unspecified atom stereocenters. The second-order valence-electron chi connectivity index (χ2n) is 6.98. The van der Waals surface area contributed by atoms with E-state index in [4.69, 9.17) is 9.47 Å². The third-order valence-corrected chi connectivity index (χ3v) is 5.02. The van der Waals surface area contributed by atoms with Crippen molar-refractivity contribution in [1.29, 1.82) is 0 Å². The Morgan fingerprint density at radius 2 is 1.92 bits per heavy atom. The molecular weight excluding hydrogens is 332 g/mol. The Labute approximate surface area is 152 Å². The number of nitrogens with one attached hydrogen (secondary N) is 1. The van der Waals surface area contributed by atoms with Crippen molar-refractivity contribution >= 4 is 5.69 Å². The molecule has 0 aromatic heterocycles. The molecule has 1 fully saturated rings. The summed E-state index contributed by atoms with van der Waals surface area (Å²) >= 11 is 0. The summed E-state index contributed by atoms with van der Waals surface area (Å²) in [7, 11) is 0. The first-order valence-electron chi connectivity index (χ1n) is 8.98. The fourth-order valence-electron chi connectivity index (χ4n) is 3.43. The van der Waals surface area contributed by atoms with Crippen molar-refractivity contribution in [3.63, 3.8) is 0 Å². The molecule has 6 nitrogen and oxygen atoms in total. The summed E-state index contributed by atoms with van der Waals surface area (Å²) in [4.78, 5) is 10.8. The Bertz CT molecular complexity index is 833. The van der Waals surface area contributed by atoms with E-state index in [2.05, 4.69) is 17.4 Å². The number of rotatable bonds is 6. The Balaban J connectivity index is 1.52. The van der Waals surface area contributed by atoms with Crippen LogP contribution in [0.3, 0.4) is 0 Å². The Kier molecular flexibility index (Phi) is 4.51. The highest BCUT2D eigenvalue weighted by Gasteiger charge is 2.32. The molecule has 2 aromatic rings. The lowest BCUT2D eigenvalue weighted by Gasteiger charge is -2.23. The minimum atomic E-state index is -0.321. The third-order valence-electron chi connectivity index (χ3n) is 5.02. The maximum absolute atomic E-state index is 11.1. The van der Waals surface area contributed by atoms with Crippen molar-refractivity contribution < 1.29 is 14.4 Å². The largest absolute Gasteiger partial charge is 0.486 e. The van der Waals surface area contributed by atoms with Crippen molar-refractivity contribution in [2.24, 2.45) is 5.92 Å². The van der Waals surface area contributed by atoms with Crippen LogP contribution >= 0.6 is 0 Å². The Hall–Kier alpha value is -2.60. The van der Waals surface area contributed by atoms with Crippen LogP contribution in [0.5, 0.6) is 11.5 Å². The summed E-state index contributed by atoms with van der Waals surface area (Å²) in [5.41, 5.74) is 2.96. The van der Waals surface area contributed by atoms with E-state index >= 15 is 0 Å². The number of benzene rings is 2. The van der Waals surface area contributed by atoms with Gasteiger partial charge in [0.05, 0.1) is 4.92 Å². The Morgan fingerprint density at radius 1 is 1.15 bits per heavy atom. The summed E-state index contributed by atoms with van der Waals surface area (Å²) < 4.78 is 11.3. The zero-order valence-corrected chi connectivity index (χ0v) is 14.7. The van der Waals surface area contributed by atoms with Gasteiger partial charge >= 0.3 is 0 Å². The monoisotopic (exact) mass is 354 g/mol. The molecule has 136 valence electrons. The average Bonchev–Trinajstić information content (AvgIpc) is 3.48. The number of ether oxygens (including phenoxy) is 2. The maximum Gasteiger partial charge on any atom is 0.272 e. The van der Waals surface area contributed by atoms with Gasteiger partial charge in [-0.2, -0.15) is 0 Å². The lowest BCUT2D eigenvalue weighted by atomic mass is 10.0. The maximum atomic E-state index is 11.1. The molecule has 1 atom stereocenters. The van der Waals surface area contributed by atoms with E-state index in [0.29, 0.717) is 31.2 Å². The van der Waals surface area contributed by atoms with Crippen LogP contribution < -0.4 is 14.8 Å². The van der Waals surface area contributed by atoms with Gasteiger partial charge in [-0.1, -0.05) is 18.2 Å². The fourth-order valence-corrected chi connectivity index (χ4v) is 3.43. The van der Waals surface area contributed by atoms with Gasteiger partial charge in [0.25, 0.3) is 5.69 Å². The van der Waals surface area contributed by atoms with E-state index in [0.717, 1.165) is 17.1 Å². The van der Waals surface area contributed by atoms with E-state index < -0.39 is 0 Å². The van der Waals surface area contributed by atoms with Gasteiger partial charge in [-0.25, -0.2) is 0 Å². The number of nitro groups is 1. The molecule has 1 aliphatic heterocycles. The van der Waals surface area contributed by atoms with Crippen molar-refractivity contribution in [2.75, 3.05) is 13.2 Å². The quantitative estimate of drug-likeness (QED) is 0.629. The number of nitrogens with zero attached hydrogens (tertiary/aromatic N) is 1. The van der Waals surface area contributed by atoms with Crippen LogP contribution in [-0.2, 0) is 6.54 Å². The highest BCUT2D eigenvalue weighted by Crippen LogP contribution is 2.43. The van der Waals surface area contributed by atoms with Gasteiger partial charge in [0.2, 0.25) is 0 Å². The van der Waals surface area contributed by atoms with Crippen LogP contribution in [0.15, 0.2) is 36.4 Å². The first-order chi connectivity index (χ1) is 12.6. The van der Waals surface area contributed by atoms with Gasteiger partial charge in [-0.05, 0) is 48.9 Å². The molecule has 1 saturated carbocycles. The predicted octanol–water partition coefficient (Wildman–Crippen LogP) is 3.92. The first kappa shape index (κ1) is 16.8. The molecule has 2 aliphatic rings. The van der Waals surface area contributed by atoms with Gasteiger partial charge in [0, 0.05) is 24.2 Å². The smallest absolute Gasteiger partial charge is 0.272 e. The minimum absolute atomic E-state index is 0.173. The van der Waals surface area contributed by atoms with E-state index in [1.54, 1.807) is 13.0 Å². The van der Waals surface area contributed by atoms with E-state index in [1.165, 1.54) is 18.4 Å². The van der Waals surface area contributed by atoms with Crippen LogP contribution in [0.25, 0.3) is 0 Å². The van der Waals surface area contributed by atoms with Crippen molar-refractivity contribution in [3.8, 4) is 11.5 Å². The number of hydrogen-bond acceptors (Lipinski definition) is 5. The molecular formula is C20H22N2O4. The van der Waals surface area contributed by atoms with E-state index in [9.17, 15) is 10.1 Å². The first-order valence-corrected chi connectivity index (χ1v) is 8.98. The van der Waals surface area contributed by atoms with Gasteiger partial charge in [0.1, 0.15) is 13.2 Å². The molecule has 0 spiro atoms. The lowest BCUT2D eigenvalue weighted by Crippen LogP contribution is -2.23. The van der Waals surface area contributed by atoms with E-state index in [-0.39, 0.29) is 16.7 Å². The predicted molar refractivity (Wildman–Crippen MR) is 97.6 cm³/mol. The zero-order chi connectivity index (χ0) is 18.1. The Morgan fingerprint density at radius 3 is 2.65 bits per heavy atom. The summed E-state index contributed by atoms with van der Waals surface area (Å²) in [6, 6.07) is 11.7. The standard InChI is InChI=1S/C20H22N2O4/c1-13-2-3-14(10-17(13)22(23)24)12-21-20(15-4-5-15)16-6-7-18-19(11-16)26-9-8-25-18/h2-3,6-7,10-11,15,20-21H,4-5,8-9,12H2,1H3. The number of fused-ring (bicyclic) bond motifs is 1. The molecule has 0 amide bonds. The van der Waals surface area contributed by atoms with Crippen LogP contribution in [0.1, 0.15) is 35.6 Å². The van der Waals surface area contributed by atoms with Crippen LogP contribution in [0.4, 0.5) is 5.69 Å². The molecule has 4 rings (SSSR count). The zero-order valence-electron chi connectivity index (χ0n) is 14.7. The van der Waals surface area contributed by atoms with Gasteiger partial charge in [0.15, 0.2) is 11.5 Å².